The molecule has 1 fully saturated rings. The first-order valence-electron chi connectivity index (χ1n) is 6.96. The van der Waals surface area contributed by atoms with Crippen LogP contribution >= 0.6 is 31.9 Å². The van der Waals surface area contributed by atoms with Crippen molar-refractivity contribution < 1.29 is 8.42 Å². The molecule has 1 aromatic carbocycles. The molecule has 2 rings (SSSR count). The molecule has 0 bridgehead atoms. The number of nitrogens with zero attached hydrogens (tertiary/aromatic N) is 1. The van der Waals surface area contributed by atoms with Gasteiger partial charge in [0.2, 0.25) is 10.0 Å². The SMILES string of the molecule is CNC1CCC(N(C)S(=O)(=O)c2cc(Br)ccc2Br)CC1. The van der Waals surface area contributed by atoms with Gasteiger partial charge in [0.05, 0.1) is 4.90 Å². The molecule has 1 N–H and O–H groups in total. The van der Waals surface area contributed by atoms with Crippen molar-refractivity contribution in [2.24, 2.45) is 0 Å². The van der Waals surface area contributed by atoms with Crippen LogP contribution in [0.15, 0.2) is 32.0 Å². The fourth-order valence-corrected chi connectivity index (χ4v) is 5.63. The van der Waals surface area contributed by atoms with E-state index in [1.165, 1.54) is 4.31 Å². The maximum absolute atomic E-state index is 12.8. The first-order chi connectivity index (χ1) is 9.86. The zero-order valence-corrected chi connectivity index (χ0v) is 16.1. The van der Waals surface area contributed by atoms with E-state index < -0.39 is 10.0 Å². The Morgan fingerprint density at radius 2 is 1.81 bits per heavy atom. The molecule has 0 radical (unpaired) electrons. The number of benzene rings is 1. The summed E-state index contributed by atoms with van der Waals surface area (Å²) in [6.07, 6.45) is 3.82. The minimum atomic E-state index is -3.48. The lowest BCUT2D eigenvalue weighted by Crippen LogP contribution is -2.42. The summed E-state index contributed by atoms with van der Waals surface area (Å²) in [5, 5.41) is 3.27. The molecular weight excluding hydrogens is 420 g/mol. The molecule has 1 aliphatic carbocycles. The molecule has 1 saturated carbocycles. The zero-order chi connectivity index (χ0) is 15.6. The number of sulfonamides is 1. The standard InChI is InChI=1S/C14H20Br2N2O2S/c1-17-11-4-6-12(7-5-11)18(2)21(19,20)14-9-10(15)3-8-13(14)16/h3,8-9,11-12,17H,4-7H2,1-2H3. The van der Waals surface area contributed by atoms with Gasteiger partial charge in [-0.3, -0.25) is 0 Å². The first-order valence-corrected chi connectivity index (χ1v) is 9.99. The van der Waals surface area contributed by atoms with E-state index in [0.29, 0.717) is 15.4 Å². The van der Waals surface area contributed by atoms with Crippen LogP contribution < -0.4 is 5.32 Å². The van der Waals surface area contributed by atoms with Gasteiger partial charge in [0.15, 0.2) is 0 Å². The fourth-order valence-electron chi connectivity index (χ4n) is 2.75. The molecule has 0 aliphatic heterocycles. The van der Waals surface area contributed by atoms with Crippen LogP contribution in [-0.2, 0) is 10.0 Å². The smallest absolute Gasteiger partial charge is 0.244 e. The maximum atomic E-state index is 12.8. The summed E-state index contributed by atoms with van der Waals surface area (Å²) in [5.74, 6) is 0. The number of nitrogens with one attached hydrogen (secondary N) is 1. The molecule has 1 aliphatic rings. The molecule has 0 unspecified atom stereocenters. The van der Waals surface area contributed by atoms with E-state index in [-0.39, 0.29) is 6.04 Å². The summed E-state index contributed by atoms with van der Waals surface area (Å²) in [7, 11) is 0.170. The minimum Gasteiger partial charge on any atom is -0.317 e. The highest BCUT2D eigenvalue weighted by atomic mass is 79.9. The van der Waals surface area contributed by atoms with Crippen LogP contribution in [0.25, 0.3) is 0 Å². The molecule has 0 heterocycles. The Labute approximate surface area is 143 Å². The molecule has 1 aromatic rings. The average molecular weight is 440 g/mol. The number of rotatable bonds is 4. The van der Waals surface area contributed by atoms with Gasteiger partial charge in [0.1, 0.15) is 0 Å². The monoisotopic (exact) mass is 438 g/mol. The molecule has 0 atom stereocenters. The fraction of sp³-hybridized carbons (Fsp3) is 0.571. The second-order valence-corrected chi connectivity index (χ2v) is 9.13. The Morgan fingerprint density at radius 3 is 2.38 bits per heavy atom. The van der Waals surface area contributed by atoms with Gasteiger partial charge in [-0.2, -0.15) is 4.31 Å². The third-order valence-corrected chi connectivity index (χ3v) is 7.57. The third kappa shape index (κ3) is 3.88. The van der Waals surface area contributed by atoms with E-state index in [2.05, 4.69) is 37.2 Å². The van der Waals surface area contributed by atoms with Gasteiger partial charge in [-0.1, -0.05) is 15.9 Å². The summed E-state index contributed by atoms with van der Waals surface area (Å²) >= 11 is 6.68. The Morgan fingerprint density at radius 1 is 1.19 bits per heavy atom. The predicted molar refractivity (Wildman–Crippen MR) is 91.9 cm³/mol. The van der Waals surface area contributed by atoms with Crippen LogP contribution in [0.3, 0.4) is 0 Å². The summed E-state index contributed by atoms with van der Waals surface area (Å²) in [4.78, 5) is 0.315. The van der Waals surface area contributed by atoms with E-state index in [0.717, 1.165) is 30.2 Å². The lowest BCUT2D eigenvalue weighted by molar-refractivity contribution is 0.255. The van der Waals surface area contributed by atoms with Gasteiger partial charge in [-0.05, 0) is 66.9 Å². The normalized spacial score (nSPS) is 23.5. The molecule has 21 heavy (non-hydrogen) atoms. The highest BCUT2D eigenvalue weighted by Crippen LogP contribution is 2.31. The quantitative estimate of drug-likeness (QED) is 0.782. The van der Waals surface area contributed by atoms with E-state index in [9.17, 15) is 8.42 Å². The van der Waals surface area contributed by atoms with Gasteiger partial charge in [0.25, 0.3) is 0 Å². The van der Waals surface area contributed by atoms with Crippen molar-refractivity contribution in [1.29, 1.82) is 0 Å². The Bertz CT molecular complexity index is 599. The largest absolute Gasteiger partial charge is 0.317 e. The van der Waals surface area contributed by atoms with Crippen LogP contribution in [0.2, 0.25) is 0 Å². The highest BCUT2D eigenvalue weighted by Gasteiger charge is 2.32. The van der Waals surface area contributed by atoms with Crippen LogP contribution in [0, 0.1) is 0 Å². The third-order valence-electron chi connectivity index (χ3n) is 4.17. The van der Waals surface area contributed by atoms with Crippen molar-refractivity contribution in [3.05, 3.63) is 27.1 Å². The molecule has 0 spiro atoms. The molecule has 0 aromatic heterocycles. The predicted octanol–water partition coefficient (Wildman–Crippen LogP) is 3.36. The summed E-state index contributed by atoms with van der Waals surface area (Å²) in [6.45, 7) is 0. The topological polar surface area (TPSA) is 49.4 Å². The Kier molecular flexibility index (Phi) is 5.87. The summed E-state index contributed by atoms with van der Waals surface area (Å²) < 4.78 is 28.5. The van der Waals surface area contributed by atoms with Gasteiger partial charge in [-0.15, -0.1) is 0 Å². The second-order valence-electron chi connectivity index (χ2n) is 5.39. The van der Waals surface area contributed by atoms with Crippen molar-refractivity contribution >= 4 is 41.9 Å². The number of halogens is 2. The Balaban J connectivity index is 2.21. The second kappa shape index (κ2) is 7.08. The van der Waals surface area contributed by atoms with Gasteiger partial charge in [0, 0.05) is 28.1 Å². The molecule has 118 valence electrons. The van der Waals surface area contributed by atoms with Crippen molar-refractivity contribution in [2.75, 3.05) is 14.1 Å². The first kappa shape index (κ1) is 17.4. The molecular formula is C14H20Br2N2O2S. The summed E-state index contributed by atoms with van der Waals surface area (Å²) in [5.41, 5.74) is 0. The molecule has 0 saturated heterocycles. The van der Waals surface area contributed by atoms with Crippen LogP contribution in [0.1, 0.15) is 25.7 Å². The van der Waals surface area contributed by atoms with Gasteiger partial charge in [-0.25, -0.2) is 8.42 Å². The molecule has 7 heteroatoms. The van der Waals surface area contributed by atoms with Crippen molar-refractivity contribution in [1.82, 2.24) is 9.62 Å². The van der Waals surface area contributed by atoms with Crippen molar-refractivity contribution in [3.63, 3.8) is 0 Å². The maximum Gasteiger partial charge on any atom is 0.244 e. The van der Waals surface area contributed by atoms with E-state index >= 15 is 0 Å². The molecule has 0 amide bonds. The lowest BCUT2D eigenvalue weighted by atomic mass is 9.91. The number of hydrogen-bond donors (Lipinski definition) is 1. The van der Waals surface area contributed by atoms with Crippen LogP contribution in [-0.4, -0.2) is 38.9 Å². The number of hydrogen-bond acceptors (Lipinski definition) is 3. The van der Waals surface area contributed by atoms with E-state index in [1.807, 2.05) is 13.1 Å². The molecule has 4 nitrogen and oxygen atoms in total. The highest BCUT2D eigenvalue weighted by molar-refractivity contribution is 9.11. The van der Waals surface area contributed by atoms with Crippen LogP contribution in [0.5, 0.6) is 0 Å². The Hall–Kier alpha value is 0.0500. The van der Waals surface area contributed by atoms with Gasteiger partial charge < -0.3 is 5.32 Å². The van der Waals surface area contributed by atoms with Gasteiger partial charge >= 0.3 is 0 Å². The zero-order valence-electron chi connectivity index (χ0n) is 12.1. The van der Waals surface area contributed by atoms with Crippen LogP contribution in [0.4, 0.5) is 0 Å². The van der Waals surface area contributed by atoms with Crippen molar-refractivity contribution in [2.45, 2.75) is 42.7 Å². The summed E-state index contributed by atoms with van der Waals surface area (Å²) in [6, 6.07) is 5.81. The minimum absolute atomic E-state index is 0.0745. The van der Waals surface area contributed by atoms with E-state index in [1.54, 1.807) is 19.2 Å². The van der Waals surface area contributed by atoms with E-state index in [4.69, 9.17) is 0 Å². The average Bonchev–Trinajstić information content (AvgIpc) is 2.49. The lowest BCUT2D eigenvalue weighted by Gasteiger charge is -2.34. The van der Waals surface area contributed by atoms with Crippen molar-refractivity contribution in [3.8, 4) is 0 Å².